The number of hydrogen-bond acceptors (Lipinski definition) is 3. The van der Waals surface area contributed by atoms with Crippen molar-refractivity contribution in [3.63, 3.8) is 0 Å². The van der Waals surface area contributed by atoms with Gasteiger partial charge in [0.25, 0.3) is 5.91 Å². The van der Waals surface area contributed by atoms with E-state index in [0.717, 1.165) is 24.2 Å². The second-order valence-corrected chi connectivity index (χ2v) is 7.64. The molecule has 0 aliphatic carbocycles. The van der Waals surface area contributed by atoms with E-state index >= 15 is 0 Å². The number of hydrogen-bond donors (Lipinski definition) is 2. The summed E-state index contributed by atoms with van der Waals surface area (Å²) < 4.78 is 0. The van der Waals surface area contributed by atoms with Crippen LogP contribution in [0.15, 0.2) is 59.5 Å². The topological polar surface area (TPSA) is 58.2 Å². The Morgan fingerprint density at radius 1 is 1.00 bits per heavy atom. The van der Waals surface area contributed by atoms with Crippen LogP contribution in [-0.2, 0) is 11.3 Å². The van der Waals surface area contributed by atoms with Crippen molar-refractivity contribution in [1.29, 1.82) is 0 Å². The molecule has 1 unspecified atom stereocenters. The largest absolute Gasteiger partial charge is 0.352 e. The van der Waals surface area contributed by atoms with Gasteiger partial charge in [0.1, 0.15) is 0 Å². The van der Waals surface area contributed by atoms with Crippen molar-refractivity contribution in [2.24, 2.45) is 5.92 Å². The molecule has 2 aromatic rings. The smallest absolute Gasteiger partial charge is 0.251 e. The lowest BCUT2D eigenvalue weighted by Gasteiger charge is -2.12. The highest BCUT2D eigenvalue weighted by atomic mass is 32.2. The maximum atomic E-state index is 12.3. The third kappa shape index (κ3) is 7.47. The molecule has 2 N–H and O–H groups in total. The molecule has 0 spiro atoms. The predicted molar refractivity (Wildman–Crippen MR) is 112 cm³/mol. The number of thioether (sulfide) groups is 1. The molecule has 2 rings (SSSR count). The first-order valence-electron chi connectivity index (χ1n) is 9.43. The maximum absolute atomic E-state index is 12.3. The van der Waals surface area contributed by atoms with E-state index in [1.54, 1.807) is 23.9 Å². The Kier molecular flexibility index (Phi) is 8.92. The van der Waals surface area contributed by atoms with Gasteiger partial charge in [0.2, 0.25) is 5.91 Å². The Morgan fingerprint density at radius 2 is 1.70 bits per heavy atom. The first-order valence-corrected chi connectivity index (χ1v) is 10.4. The first-order chi connectivity index (χ1) is 13.1. The molecule has 0 radical (unpaired) electrons. The standard InChI is InChI=1S/C22H28N2O2S/c1-3-4-14-23-22(26)19-12-10-18(11-13-19)15-24-21(25)17(2)16-27-20-8-6-5-7-9-20/h5-13,17H,3-4,14-16H2,1-2H3,(H,23,26)(H,24,25). The van der Waals surface area contributed by atoms with Crippen molar-refractivity contribution < 1.29 is 9.59 Å². The van der Waals surface area contributed by atoms with Crippen LogP contribution in [0, 0.1) is 5.92 Å². The van der Waals surface area contributed by atoms with Crippen LogP contribution >= 0.6 is 11.8 Å². The minimum absolute atomic E-state index is 0.0415. The van der Waals surface area contributed by atoms with Gasteiger partial charge in [-0.1, -0.05) is 50.6 Å². The second kappa shape index (κ2) is 11.4. The van der Waals surface area contributed by atoms with Gasteiger partial charge in [0.05, 0.1) is 0 Å². The molecule has 0 bridgehead atoms. The van der Waals surface area contributed by atoms with Gasteiger partial charge in [0, 0.05) is 35.2 Å². The van der Waals surface area contributed by atoms with Crippen molar-refractivity contribution in [1.82, 2.24) is 10.6 Å². The highest BCUT2D eigenvalue weighted by Gasteiger charge is 2.13. The van der Waals surface area contributed by atoms with E-state index in [-0.39, 0.29) is 17.7 Å². The molecule has 144 valence electrons. The van der Waals surface area contributed by atoms with Gasteiger partial charge in [-0.05, 0) is 36.2 Å². The Labute approximate surface area is 166 Å². The lowest BCUT2D eigenvalue weighted by Crippen LogP contribution is -2.30. The molecule has 0 saturated heterocycles. The summed E-state index contributed by atoms with van der Waals surface area (Å²) in [7, 11) is 0. The summed E-state index contributed by atoms with van der Waals surface area (Å²) >= 11 is 1.69. The maximum Gasteiger partial charge on any atom is 0.251 e. The zero-order chi connectivity index (χ0) is 19.5. The van der Waals surface area contributed by atoms with Crippen molar-refractivity contribution >= 4 is 23.6 Å². The van der Waals surface area contributed by atoms with Crippen LogP contribution in [0.5, 0.6) is 0 Å². The Morgan fingerprint density at radius 3 is 2.37 bits per heavy atom. The van der Waals surface area contributed by atoms with Gasteiger partial charge in [0.15, 0.2) is 0 Å². The molecule has 0 aromatic heterocycles. The minimum Gasteiger partial charge on any atom is -0.352 e. The number of carbonyl (C=O) groups is 2. The highest BCUT2D eigenvalue weighted by Crippen LogP contribution is 2.20. The molecule has 27 heavy (non-hydrogen) atoms. The summed E-state index contributed by atoms with van der Waals surface area (Å²) in [5.74, 6) is 0.663. The number of amides is 2. The molecular weight excluding hydrogens is 356 g/mol. The van der Waals surface area contributed by atoms with Crippen molar-refractivity contribution in [2.45, 2.75) is 38.1 Å². The monoisotopic (exact) mass is 384 g/mol. The lowest BCUT2D eigenvalue weighted by atomic mass is 10.1. The summed E-state index contributed by atoms with van der Waals surface area (Å²) in [6, 6.07) is 17.5. The van der Waals surface area contributed by atoms with Crippen LogP contribution < -0.4 is 10.6 Å². The fraction of sp³-hybridized carbons (Fsp3) is 0.364. The third-order valence-electron chi connectivity index (χ3n) is 4.19. The molecule has 0 heterocycles. The molecule has 0 fully saturated rings. The lowest BCUT2D eigenvalue weighted by molar-refractivity contribution is -0.124. The second-order valence-electron chi connectivity index (χ2n) is 6.55. The average molecular weight is 385 g/mol. The van der Waals surface area contributed by atoms with E-state index in [0.29, 0.717) is 18.7 Å². The summed E-state index contributed by atoms with van der Waals surface area (Å²) in [6.07, 6.45) is 2.04. The molecule has 1 atom stereocenters. The van der Waals surface area contributed by atoms with Gasteiger partial charge < -0.3 is 10.6 Å². The van der Waals surface area contributed by atoms with Crippen LogP contribution in [-0.4, -0.2) is 24.1 Å². The first kappa shape index (κ1) is 21.0. The van der Waals surface area contributed by atoms with Crippen molar-refractivity contribution in [2.75, 3.05) is 12.3 Å². The summed E-state index contributed by atoms with van der Waals surface area (Å²) in [4.78, 5) is 25.4. The number of unbranched alkanes of at least 4 members (excludes halogenated alkanes) is 1. The molecule has 4 nitrogen and oxygen atoms in total. The SMILES string of the molecule is CCCCNC(=O)c1ccc(CNC(=O)C(C)CSc2ccccc2)cc1. The van der Waals surface area contributed by atoms with Crippen LogP contribution in [0.25, 0.3) is 0 Å². The number of rotatable bonds is 10. The molecular formula is C22H28N2O2S. The van der Waals surface area contributed by atoms with Crippen LogP contribution in [0.2, 0.25) is 0 Å². The Hall–Kier alpha value is -2.27. The van der Waals surface area contributed by atoms with E-state index in [1.807, 2.05) is 37.3 Å². The van der Waals surface area contributed by atoms with Gasteiger partial charge in [-0.2, -0.15) is 0 Å². The van der Waals surface area contributed by atoms with Gasteiger partial charge in [-0.25, -0.2) is 0 Å². The fourth-order valence-electron chi connectivity index (χ4n) is 2.43. The zero-order valence-corrected chi connectivity index (χ0v) is 16.9. The zero-order valence-electron chi connectivity index (χ0n) is 16.0. The number of benzene rings is 2. The third-order valence-corrected chi connectivity index (χ3v) is 5.46. The average Bonchev–Trinajstić information content (AvgIpc) is 2.71. The summed E-state index contributed by atoms with van der Waals surface area (Å²) in [6.45, 7) is 5.20. The molecule has 0 saturated carbocycles. The van der Waals surface area contributed by atoms with E-state index < -0.39 is 0 Å². The van der Waals surface area contributed by atoms with Gasteiger partial charge in [-0.3, -0.25) is 9.59 Å². The highest BCUT2D eigenvalue weighted by molar-refractivity contribution is 7.99. The van der Waals surface area contributed by atoms with Gasteiger partial charge >= 0.3 is 0 Å². The Bertz CT molecular complexity index is 717. The van der Waals surface area contributed by atoms with E-state index in [1.165, 1.54) is 4.90 Å². The number of nitrogens with one attached hydrogen (secondary N) is 2. The normalized spacial score (nSPS) is 11.6. The van der Waals surface area contributed by atoms with E-state index in [9.17, 15) is 9.59 Å². The predicted octanol–water partition coefficient (Wildman–Crippen LogP) is 4.26. The molecule has 2 amide bonds. The molecule has 0 aliphatic heterocycles. The van der Waals surface area contributed by atoms with Crippen LogP contribution in [0.1, 0.15) is 42.6 Å². The van der Waals surface area contributed by atoms with E-state index in [4.69, 9.17) is 0 Å². The Balaban J connectivity index is 1.74. The number of carbonyl (C=O) groups excluding carboxylic acids is 2. The van der Waals surface area contributed by atoms with Crippen LogP contribution in [0.4, 0.5) is 0 Å². The summed E-state index contributed by atoms with van der Waals surface area (Å²) in [5, 5.41) is 5.87. The molecule has 5 heteroatoms. The van der Waals surface area contributed by atoms with Gasteiger partial charge in [-0.15, -0.1) is 11.8 Å². The van der Waals surface area contributed by atoms with E-state index in [2.05, 4.69) is 29.7 Å². The van der Waals surface area contributed by atoms with Crippen LogP contribution in [0.3, 0.4) is 0 Å². The molecule has 0 aliphatic rings. The minimum atomic E-state index is -0.0705. The fourth-order valence-corrected chi connectivity index (χ4v) is 3.38. The van der Waals surface area contributed by atoms with Crippen molar-refractivity contribution in [3.8, 4) is 0 Å². The quantitative estimate of drug-likeness (QED) is 0.475. The summed E-state index contributed by atoms with van der Waals surface area (Å²) in [5.41, 5.74) is 1.63. The molecule has 2 aromatic carbocycles. The van der Waals surface area contributed by atoms with Crippen molar-refractivity contribution in [3.05, 3.63) is 65.7 Å².